The largest absolute Gasteiger partial charge is 0.481 e. The zero-order valence-corrected chi connectivity index (χ0v) is 75.2. The molecule has 12 amide bonds. The number of carbonyl (C=O) groups is 14. The van der Waals surface area contributed by atoms with Gasteiger partial charge in [0, 0.05) is 83.7 Å². The number of unbranched alkanes of at least 4 members (excludes halogenated alkanes) is 3. The Morgan fingerprint density at radius 1 is 0.369 bits per heavy atom. The van der Waals surface area contributed by atoms with Gasteiger partial charge in [-0.05, 0) is 181 Å². The zero-order valence-electron chi connectivity index (χ0n) is 74.3. The number of benzene rings is 3. The predicted molar refractivity (Wildman–Crippen MR) is 493 cm³/mol. The molecule has 0 aliphatic rings. The molecule has 34 N–H and O–H groups in total. The summed E-state index contributed by atoms with van der Waals surface area (Å²) in [5.74, 6) is -15.0. The molecule has 13 atom stereocenters. The summed E-state index contributed by atoms with van der Waals surface area (Å²) in [5.41, 5.74) is 38.5. The average molecular weight is 1830 g/mol. The van der Waals surface area contributed by atoms with Gasteiger partial charge in [-0.2, -0.15) is 11.8 Å². The second-order valence-electron chi connectivity index (χ2n) is 33.0. The van der Waals surface area contributed by atoms with Crippen LogP contribution in [0.5, 0.6) is 0 Å². The first kappa shape index (κ1) is 106. The zero-order chi connectivity index (χ0) is 95.5. The van der Waals surface area contributed by atoms with Crippen molar-refractivity contribution in [1.29, 1.82) is 10.8 Å². The molecule has 3 aromatic heterocycles. The van der Waals surface area contributed by atoms with Crippen LogP contribution in [0.2, 0.25) is 0 Å². The molecule has 0 bridgehead atoms. The molecule has 0 saturated carbocycles. The van der Waals surface area contributed by atoms with E-state index in [0.29, 0.717) is 80.8 Å². The highest BCUT2D eigenvalue weighted by Crippen LogP contribution is 2.24. The van der Waals surface area contributed by atoms with E-state index < -0.39 is 180 Å². The number of aromatic amines is 3. The van der Waals surface area contributed by atoms with Crippen LogP contribution in [0.15, 0.2) is 91.4 Å². The van der Waals surface area contributed by atoms with Crippen molar-refractivity contribution in [3.63, 3.8) is 0 Å². The van der Waals surface area contributed by atoms with Crippen molar-refractivity contribution in [1.82, 2.24) is 89.4 Å². The number of fused-ring (bicyclic) bond motifs is 3. The molecule has 0 unspecified atom stereocenters. The molecule has 42 nitrogen and oxygen atoms in total. The van der Waals surface area contributed by atoms with Crippen molar-refractivity contribution in [2.75, 3.05) is 51.3 Å². The van der Waals surface area contributed by atoms with E-state index in [4.69, 9.17) is 45.2 Å². The summed E-state index contributed by atoms with van der Waals surface area (Å²) in [6.45, 7) is 6.76. The number of aliphatic hydroxyl groups excluding tert-OH is 1. The van der Waals surface area contributed by atoms with Gasteiger partial charge in [-0.1, -0.05) is 82.3 Å². The van der Waals surface area contributed by atoms with E-state index in [9.17, 15) is 63.3 Å². The Labute approximate surface area is 758 Å². The van der Waals surface area contributed by atoms with E-state index in [1.165, 1.54) is 11.8 Å². The monoisotopic (exact) mass is 1830 g/mol. The number of rotatable bonds is 61. The minimum absolute atomic E-state index is 0.0000664. The van der Waals surface area contributed by atoms with Crippen LogP contribution in [0.3, 0.4) is 0 Å². The molecule has 0 aliphatic carbocycles. The predicted octanol–water partition coefficient (Wildman–Crippen LogP) is -1.39. The van der Waals surface area contributed by atoms with Crippen LogP contribution >= 0.6 is 11.8 Å². The number of thioether (sulfide) groups is 1. The van der Waals surface area contributed by atoms with Crippen LogP contribution in [-0.4, -0.2) is 255 Å². The van der Waals surface area contributed by atoms with E-state index in [-0.39, 0.29) is 147 Å². The molecule has 0 spiro atoms. The smallest absolute Gasteiger partial charge is 0.326 e. The summed E-state index contributed by atoms with van der Waals surface area (Å²) in [5, 5.41) is 85.4. The van der Waals surface area contributed by atoms with E-state index in [1.54, 1.807) is 125 Å². The third kappa shape index (κ3) is 35.5. The molecular formula is C87H133N25O17S. The number of aromatic nitrogens is 3. The Hall–Kier alpha value is -12.5. The number of aliphatic carboxylic acids is 2. The maximum absolute atomic E-state index is 15.3. The fraction of sp³-hybridized carbons (Fsp3) is 0.540. The van der Waals surface area contributed by atoms with E-state index >= 15 is 19.2 Å². The maximum atomic E-state index is 15.3. The summed E-state index contributed by atoms with van der Waals surface area (Å²) in [7, 11) is 0. The average Bonchev–Trinajstić information content (AvgIpc) is 1.65. The van der Waals surface area contributed by atoms with Gasteiger partial charge in [0.1, 0.15) is 72.5 Å². The van der Waals surface area contributed by atoms with Crippen LogP contribution in [-0.2, 0) is 86.4 Å². The fourth-order valence-electron chi connectivity index (χ4n) is 14.7. The van der Waals surface area contributed by atoms with Crippen molar-refractivity contribution >= 4 is 139 Å². The van der Waals surface area contributed by atoms with Crippen molar-refractivity contribution in [2.45, 2.75) is 235 Å². The van der Waals surface area contributed by atoms with Gasteiger partial charge >= 0.3 is 11.9 Å². The van der Waals surface area contributed by atoms with Gasteiger partial charge in [-0.25, -0.2) is 4.79 Å². The molecule has 6 rings (SSSR count). The highest BCUT2D eigenvalue weighted by Gasteiger charge is 2.39. The van der Waals surface area contributed by atoms with Crippen molar-refractivity contribution in [3.8, 4) is 0 Å². The standard InChI is InChI=1S/C87H133N25O17S/c1-48(2)38-65(79(122)110-69(43-72(114)115)83(126)108-68(42-52-46-100-59-26-11-8-22-55(52)59)82(125)112-71(47-113)84(127)109-67(81(124)111-70(85(128)129)39-49(3)4)41-51-45-99-58-25-10-7-21-54(51)58)106-76(119)61(28-13-16-33-89)102-74(117)60(27-12-15-32-88)104-80(123)66(40-50-44-98-57-24-9-6-20-53(50)57)107-77(120)62(29-14-17-34-90)103-78(121)64(31-37-130-5)105-75(118)63(30-19-36-97-87(94)95)101-73(116)56(91)23-18-35-96-86(92)93/h6-11,20-22,24-26,44-46,48-49,56,60-71,98-100,113H,12-19,23,27-43,47,88-91H2,1-5H3,(H,101,116)(H,102,117)(H,103,121)(H,104,123)(H,105,118)(H,106,119)(H,107,120)(H,108,126)(H,109,127)(H,110,122)(H,111,124)(H,112,125)(H,114,115)(H,128,129)(H4,92,93,96)(H4,94,95,97)/t56-,60-,61-,62-,63-,64-,65+,66-,67+,68+,69+,70+,71+/m1/s1. The molecule has 6 aromatic rings. The number of nitrogens with two attached hydrogens (primary N) is 6. The Morgan fingerprint density at radius 2 is 0.654 bits per heavy atom. The Balaban J connectivity index is 1.26. The number of amides is 12. The molecule has 0 aliphatic heterocycles. The Kier molecular flexibility index (Phi) is 45.3. The Bertz CT molecular complexity index is 4770. The van der Waals surface area contributed by atoms with Gasteiger partial charge in [-0.3, -0.25) is 73.1 Å². The first-order valence-electron chi connectivity index (χ1n) is 43.9. The third-order valence-electron chi connectivity index (χ3n) is 21.6. The van der Waals surface area contributed by atoms with Gasteiger partial charge in [0.15, 0.2) is 11.9 Å². The third-order valence-corrected chi connectivity index (χ3v) is 22.3. The molecule has 130 heavy (non-hydrogen) atoms. The molecule has 43 heteroatoms. The van der Waals surface area contributed by atoms with Gasteiger partial charge in [0.25, 0.3) is 0 Å². The van der Waals surface area contributed by atoms with E-state index in [2.05, 4.69) is 89.4 Å². The maximum Gasteiger partial charge on any atom is 0.326 e. The van der Waals surface area contributed by atoms with Crippen LogP contribution in [0.25, 0.3) is 32.7 Å². The summed E-state index contributed by atoms with van der Waals surface area (Å²) < 4.78 is 0. The minimum Gasteiger partial charge on any atom is -0.481 e. The summed E-state index contributed by atoms with van der Waals surface area (Å²) in [4.78, 5) is 211. The van der Waals surface area contributed by atoms with Crippen LogP contribution < -0.4 is 109 Å². The lowest BCUT2D eigenvalue weighted by atomic mass is 10.00. The van der Waals surface area contributed by atoms with Crippen molar-refractivity contribution < 1.29 is 82.4 Å². The number of para-hydroxylation sites is 3. The van der Waals surface area contributed by atoms with Crippen LogP contribution in [0.1, 0.15) is 154 Å². The topological polar surface area (TPSA) is 719 Å². The fourth-order valence-corrected chi connectivity index (χ4v) is 15.2. The Morgan fingerprint density at radius 3 is 1.00 bits per heavy atom. The number of carboxylic acids is 2. The number of carbonyl (C=O) groups excluding carboxylic acids is 12. The number of hydrogen-bond donors (Lipinski definition) is 28. The number of hydrogen-bond acceptors (Lipinski definition) is 22. The normalized spacial score (nSPS) is 14.4. The highest BCUT2D eigenvalue weighted by atomic mass is 32.2. The number of H-pyrrole nitrogens is 3. The molecule has 0 saturated heterocycles. The van der Waals surface area contributed by atoms with E-state index in [1.807, 2.05) is 0 Å². The van der Waals surface area contributed by atoms with Gasteiger partial charge in [0.05, 0.1) is 19.1 Å². The lowest BCUT2D eigenvalue weighted by molar-refractivity contribution is -0.143. The van der Waals surface area contributed by atoms with Gasteiger partial charge < -0.3 is 139 Å². The van der Waals surface area contributed by atoms with Crippen LogP contribution in [0.4, 0.5) is 0 Å². The molecule has 3 heterocycles. The van der Waals surface area contributed by atoms with Gasteiger partial charge in [-0.15, -0.1) is 0 Å². The molecular weight excluding hydrogens is 1700 g/mol. The molecule has 714 valence electrons. The SMILES string of the molecule is CSCC[C@@H](NC(=O)[C@@H](CCCNC(=N)N)NC(=O)[C@H](N)CCCNC(=N)N)C(=O)N[C@H](CCCCN)C(=O)N[C@H](Cc1c[nH]c2ccccc12)C(=O)N[C@H](CCCCN)C(=O)N[C@H](CCCCN)C(=O)N[C@@H](CC(C)C)C(=O)N[C@@H](CC(=O)O)C(=O)N[C@@H](Cc1c[nH]c2ccccc12)C(=O)N[C@@H](CO)C(=O)N[C@@H](Cc1c[nH]c2ccccc12)C(=O)N[C@@H](CC(C)C)C(=O)O. The first-order chi connectivity index (χ1) is 62.1. The number of carboxylic acid groups (broad SMARTS) is 2. The summed E-state index contributed by atoms with van der Waals surface area (Å²) in [6.07, 6.45) is 6.98. The lowest BCUT2D eigenvalue weighted by Crippen LogP contribution is -2.61. The first-order valence-corrected chi connectivity index (χ1v) is 45.3. The lowest BCUT2D eigenvalue weighted by Gasteiger charge is -2.29. The summed E-state index contributed by atoms with van der Waals surface area (Å²) >= 11 is 1.36. The second kappa shape index (κ2) is 55.4. The van der Waals surface area contributed by atoms with Crippen LogP contribution in [0, 0.1) is 22.7 Å². The van der Waals surface area contributed by atoms with E-state index in [0.717, 1.165) is 0 Å². The molecule has 0 fully saturated rings. The van der Waals surface area contributed by atoms with Crippen molar-refractivity contribution in [2.24, 2.45) is 46.2 Å². The number of guanidine groups is 2. The summed E-state index contributed by atoms with van der Waals surface area (Å²) in [6, 6.07) is 1.62. The molecule has 3 aromatic carbocycles. The number of aliphatic hydroxyl groups is 1. The molecule has 0 radical (unpaired) electrons. The highest BCUT2D eigenvalue weighted by molar-refractivity contribution is 7.98. The number of nitrogens with one attached hydrogen (secondary N) is 19. The second-order valence-corrected chi connectivity index (χ2v) is 34.0. The van der Waals surface area contributed by atoms with Gasteiger partial charge in [0.2, 0.25) is 70.9 Å². The van der Waals surface area contributed by atoms with Crippen molar-refractivity contribution in [3.05, 3.63) is 108 Å². The quantitative estimate of drug-likeness (QED) is 0.0119. The minimum atomic E-state index is -2.00.